The number of benzene rings is 2. The largest absolute Gasteiger partial charge is 0.459 e. The molecule has 2 aliphatic rings. The van der Waals surface area contributed by atoms with Crippen LogP contribution in [-0.4, -0.2) is 139 Å². The fraction of sp³-hybridized carbons (Fsp3) is 0.611. The van der Waals surface area contributed by atoms with Gasteiger partial charge in [-0.25, -0.2) is 13.2 Å². The van der Waals surface area contributed by atoms with E-state index < -0.39 is 89.1 Å². The number of nitrogens with zero attached hydrogens (tertiary/aromatic N) is 2. The molecule has 2 aromatic carbocycles. The number of carbonyl (C=O) groups is 2. The molecule has 2 heterocycles. The number of non-ortho nitro benzene ring substituents is 1. The number of sulfonamides is 1. The Bertz CT molecular complexity index is 1650. The molecule has 23 heteroatoms. The van der Waals surface area contributed by atoms with Gasteiger partial charge in [0.1, 0.15) is 36.6 Å². The number of nitro benzene ring substituents is 1. The summed E-state index contributed by atoms with van der Waals surface area (Å²) < 4.78 is 57.0. The summed E-state index contributed by atoms with van der Waals surface area (Å²) in [4.78, 5) is 37.1. The van der Waals surface area contributed by atoms with E-state index in [0.717, 1.165) is 34.1 Å². The van der Waals surface area contributed by atoms with Crippen LogP contribution in [0, 0.1) is 192 Å². The quantitative estimate of drug-likeness (QED) is 0.0542. The molecule has 318 valence electrons. The van der Waals surface area contributed by atoms with Crippen LogP contribution in [0.3, 0.4) is 0 Å². The molecular weight excluding hydrogens is 1650 g/mol. The van der Waals surface area contributed by atoms with E-state index in [-0.39, 0.29) is 238 Å². The summed E-state index contributed by atoms with van der Waals surface area (Å²) in [5.74, 6) is -0.923. The number of amides is 1. The number of esters is 1. The number of unbranched alkanes of at least 4 members (excludes halogenated alkanes) is 1. The number of nitrogens with one attached hydrogen (secondary N) is 1. The average Bonchev–Trinajstić information content (AvgIpc) is 3.67. The molecule has 2 fully saturated rings. The summed E-state index contributed by atoms with van der Waals surface area (Å²) in [5.41, 5.74) is 0.454. The van der Waals surface area contributed by atoms with Crippen molar-refractivity contribution in [2.45, 2.75) is 99.8 Å². The first kappa shape index (κ1) is 61.0. The SMILES string of the molecule is CC(C)CN(C[C@@H](OC(=O)CCCCO[C@@H]1OC(CO)[C@@H](O)[C@H](O)C1O)[C@H](Cc1ccccc1)NC(=O)O[C@H]1CCOC1)S(=O)(=O)c1ccc([N+](=O)[O-])cc1.[Ac].[Ac].[Ac].[Ac]. The van der Waals surface area contributed by atoms with Crippen LogP contribution in [0.5, 0.6) is 0 Å². The van der Waals surface area contributed by atoms with Gasteiger partial charge in [-0.05, 0) is 42.9 Å². The predicted molar refractivity (Wildman–Crippen MR) is 193 cm³/mol. The van der Waals surface area contributed by atoms with Crippen molar-refractivity contribution in [1.82, 2.24) is 9.62 Å². The van der Waals surface area contributed by atoms with Gasteiger partial charge < -0.3 is 49.4 Å². The molecule has 0 bridgehead atoms. The monoisotopic (exact) mass is 1710 g/mol. The number of rotatable bonds is 20. The Hall–Kier alpha value is 1.98. The van der Waals surface area contributed by atoms with Crippen LogP contribution < -0.4 is 5.32 Å². The predicted octanol–water partition coefficient (Wildman–Crippen LogP) is 1.27. The zero-order chi connectivity index (χ0) is 40.1. The second-order valence-corrected chi connectivity index (χ2v) is 15.8. The fourth-order valence-electron chi connectivity index (χ4n) is 6.10. The molecule has 4 radical (unpaired) electrons. The fourth-order valence-corrected chi connectivity index (χ4v) is 7.72. The molecule has 2 aromatic rings. The number of aliphatic hydroxyl groups is 4. The van der Waals surface area contributed by atoms with Crippen LogP contribution in [0.25, 0.3) is 0 Å². The molecule has 5 N–H and O–H groups in total. The van der Waals surface area contributed by atoms with Gasteiger partial charge in [0.25, 0.3) is 5.69 Å². The van der Waals surface area contributed by atoms with Crippen molar-refractivity contribution in [3.05, 3.63) is 70.3 Å². The standard InChI is InChI=1S/C36H51N3O15S.4Ac/c1-23(2)19-38(55(48,49)27-13-11-25(12-14-27)39(46)47)20-29(28(18-24-8-4-3-5-9-24)37-36(45)52-26-15-17-50-22-26)53-31(41)10-6-7-16-51-35-34(44)33(43)32(42)30(21-40)54-35;;;;/h3-5,8-9,11-14,23,26,28-30,32-35,40,42-44H,6-7,10,15-22H2,1-2H3,(H,37,45);;;;/t26-,28-,29+,30?,32+,33-,34?,35+;;;;/m0..../s1. The molecule has 4 rings (SSSR count). The first-order valence-electron chi connectivity index (χ1n) is 18.1. The van der Waals surface area contributed by atoms with Crippen molar-refractivity contribution in [3.8, 4) is 0 Å². The number of alkyl carbamates (subject to hydrolysis) is 1. The second kappa shape index (κ2) is 31.0. The van der Waals surface area contributed by atoms with Crippen molar-refractivity contribution < 1.29 is 243 Å². The Morgan fingerprint density at radius 2 is 1.63 bits per heavy atom. The van der Waals surface area contributed by atoms with E-state index in [9.17, 15) is 48.5 Å². The first-order valence-corrected chi connectivity index (χ1v) is 19.6. The van der Waals surface area contributed by atoms with Gasteiger partial charge in [0.05, 0.1) is 42.2 Å². The number of carbonyl (C=O) groups excluding carboxylic acids is 2. The molecule has 0 aromatic heterocycles. The van der Waals surface area contributed by atoms with Gasteiger partial charge in [0.15, 0.2) is 6.29 Å². The maximum atomic E-state index is 14.1. The van der Waals surface area contributed by atoms with Crippen LogP contribution >= 0.6 is 0 Å². The molecule has 2 aliphatic heterocycles. The van der Waals surface area contributed by atoms with E-state index in [1.807, 2.05) is 0 Å². The van der Waals surface area contributed by atoms with Gasteiger partial charge in [0, 0.05) is 214 Å². The Morgan fingerprint density at radius 3 is 2.20 bits per heavy atom. The second-order valence-electron chi connectivity index (χ2n) is 13.9. The van der Waals surface area contributed by atoms with E-state index >= 15 is 0 Å². The normalized spacial score (nSPS) is 22.4. The Kier molecular flexibility index (Phi) is 32.1. The van der Waals surface area contributed by atoms with Crippen molar-refractivity contribution in [3.63, 3.8) is 0 Å². The summed E-state index contributed by atoms with van der Waals surface area (Å²) in [6, 6.07) is 12.4. The molecule has 0 spiro atoms. The zero-order valence-electron chi connectivity index (χ0n) is 33.1. The number of ether oxygens (including phenoxy) is 5. The minimum Gasteiger partial charge on any atom is -0.459 e. The number of aliphatic hydroxyl groups excluding tert-OH is 4. The smallest absolute Gasteiger partial charge is 0.407 e. The van der Waals surface area contributed by atoms with Crippen molar-refractivity contribution >= 4 is 27.8 Å². The summed E-state index contributed by atoms with van der Waals surface area (Å²) >= 11 is 0. The Morgan fingerprint density at radius 1 is 0.966 bits per heavy atom. The van der Waals surface area contributed by atoms with Gasteiger partial charge in [-0.15, -0.1) is 0 Å². The summed E-state index contributed by atoms with van der Waals surface area (Å²) in [5, 5.41) is 53.7. The Balaban J connectivity index is 0.00000841. The van der Waals surface area contributed by atoms with Crippen LogP contribution in [0.4, 0.5) is 10.5 Å². The van der Waals surface area contributed by atoms with Gasteiger partial charge in [-0.2, -0.15) is 4.31 Å². The summed E-state index contributed by atoms with van der Waals surface area (Å²) in [6.45, 7) is 3.16. The van der Waals surface area contributed by atoms with Gasteiger partial charge >= 0.3 is 12.1 Å². The minimum absolute atomic E-state index is 0. The maximum Gasteiger partial charge on any atom is 0.407 e. The third-order valence-corrected chi connectivity index (χ3v) is 10.9. The molecule has 1 amide bonds. The molecule has 59 heavy (non-hydrogen) atoms. The molecule has 8 atom stereocenters. The van der Waals surface area contributed by atoms with Crippen molar-refractivity contribution in [2.75, 3.05) is 39.5 Å². The van der Waals surface area contributed by atoms with E-state index in [2.05, 4.69) is 5.32 Å². The Labute approximate surface area is 487 Å². The van der Waals surface area contributed by atoms with E-state index in [1.54, 1.807) is 44.2 Å². The third kappa shape index (κ3) is 19.8. The maximum absolute atomic E-state index is 14.1. The molecule has 0 aliphatic carbocycles. The van der Waals surface area contributed by atoms with E-state index in [0.29, 0.717) is 13.0 Å². The van der Waals surface area contributed by atoms with Gasteiger partial charge in [-0.1, -0.05) is 44.2 Å². The van der Waals surface area contributed by atoms with Crippen LogP contribution in [0.15, 0.2) is 59.5 Å². The molecular formula is C36H51Ac4N3O15S. The number of hydrogen-bond acceptors (Lipinski definition) is 15. The molecule has 2 saturated heterocycles. The van der Waals surface area contributed by atoms with Crippen LogP contribution in [-0.2, 0) is 44.9 Å². The topological polar surface area (TPSA) is 254 Å². The van der Waals surface area contributed by atoms with Crippen LogP contribution in [0.1, 0.15) is 45.1 Å². The first-order chi connectivity index (χ1) is 26.2. The van der Waals surface area contributed by atoms with E-state index in [4.69, 9.17) is 23.7 Å². The molecule has 18 nitrogen and oxygen atoms in total. The average molecular weight is 1710 g/mol. The van der Waals surface area contributed by atoms with Gasteiger partial charge in [-0.3, -0.25) is 14.9 Å². The molecule has 0 saturated carbocycles. The minimum atomic E-state index is -4.31. The number of nitro groups is 1. The number of hydrogen-bond donors (Lipinski definition) is 5. The summed E-state index contributed by atoms with van der Waals surface area (Å²) in [7, 11) is -4.31. The van der Waals surface area contributed by atoms with Crippen LogP contribution in [0.2, 0.25) is 0 Å². The third-order valence-electron chi connectivity index (χ3n) is 9.04. The zero-order valence-corrected chi connectivity index (χ0v) is 52.9. The summed E-state index contributed by atoms with van der Waals surface area (Å²) in [6.07, 6.45) is -8.85. The molecule has 2 unspecified atom stereocenters. The van der Waals surface area contributed by atoms with E-state index in [1.165, 1.54) is 0 Å². The van der Waals surface area contributed by atoms with Gasteiger partial charge in [0.2, 0.25) is 10.0 Å². The van der Waals surface area contributed by atoms with Crippen molar-refractivity contribution in [2.24, 2.45) is 5.92 Å². The van der Waals surface area contributed by atoms with Crippen molar-refractivity contribution in [1.29, 1.82) is 0 Å².